The smallest absolute Gasteiger partial charge is 0.239 e. The van der Waals surface area contributed by atoms with Crippen molar-refractivity contribution >= 4 is 34.4 Å². The molecule has 2 aromatic rings. The predicted octanol–water partition coefficient (Wildman–Crippen LogP) is 2.22. The molecule has 1 aromatic carbocycles. The molecule has 1 atom stereocenters. The van der Waals surface area contributed by atoms with Gasteiger partial charge in [0.1, 0.15) is 5.82 Å². The number of para-hydroxylation sites is 1. The number of nitrogen functional groups attached to an aromatic ring is 1. The van der Waals surface area contributed by atoms with Crippen molar-refractivity contribution in [2.75, 3.05) is 22.2 Å². The summed E-state index contributed by atoms with van der Waals surface area (Å²) in [6.45, 7) is 0. The molecule has 1 fully saturated rings. The average molecular weight is 275 g/mol. The molecule has 0 aliphatic carbocycles. The van der Waals surface area contributed by atoms with Gasteiger partial charge in [-0.1, -0.05) is 12.1 Å². The Labute approximate surface area is 116 Å². The summed E-state index contributed by atoms with van der Waals surface area (Å²) in [5.74, 6) is 9.14. The van der Waals surface area contributed by atoms with E-state index < -0.39 is 0 Å². The van der Waals surface area contributed by atoms with Gasteiger partial charge in [0.25, 0.3) is 0 Å². The van der Waals surface area contributed by atoms with E-state index in [0.717, 1.165) is 22.5 Å². The largest absolute Gasteiger partial charge is 0.366 e. The first kappa shape index (κ1) is 12.5. The van der Waals surface area contributed by atoms with Crippen molar-refractivity contribution < 1.29 is 0 Å². The first-order chi connectivity index (χ1) is 9.36. The van der Waals surface area contributed by atoms with Crippen molar-refractivity contribution in [3.05, 3.63) is 24.3 Å². The highest BCUT2D eigenvalue weighted by atomic mass is 32.2. The quantitative estimate of drug-likeness (QED) is 0.589. The van der Waals surface area contributed by atoms with Crippen LogP contribution in [0.1, 0.15) is 12.8 Å². The molecule has 4 N–H and O–H groups in total. The van der Waals surface area contributed by atoms with E-state index in [-0.39, 0.29) is 0 Å². The molecule has 1 saturated heterocycles. The Hall–Kier alpha value is -1.53. The van der Waals surface area contributed by atoms with Gasteiger partial charge in [0.15, 0.2) is 0 Å². The number of fused-ring (bicyclic) bond motifs is 1. The number of hydrogen-bond acceptors (Lipinski definition) is 6. The second kappa shape index (κ2) is 5.63. The van der Waals surface area contributed by atoms with Crippen LogP contribution in [-0.4, -0.2) is 27.5 Å². The van der Waals surface area contributed by atoms with Crippen LogP contribution in [0.25, 0.3) is 10.9 Å². The standard InChI is InChI=1S/C13H17N5S/c14-18-13-16-11-6-2-1-5-10(11)12(17-13)15-9-4-3-7-19-8-9/h1-2,5-6,9H,3-4,7-8,14H2,(H2,15,16,17,18). The Morgan fingerprint density at radius 1 is 1.26 bits per heavy atom. The Kier molecular flexibility index (Phi) is 3.70. The van der Waals surface area contributed by atoms with E-state index in [9.17, 15) is 0 Å². The molecule has 0 radical (unpaired) electrons. The lowest BCUT2D eigenvalue weighted by Crippen LogP contribution is -2.26. The molecule has 5 nitrogen and oxygen atoms in total. The van der Waals surface area contributed by atoms with Crippen LogP contribution in [0.3, 0.4) is 0 Å². The van der Waals surface area contributed by atoms with Gasteiger partial charge in [-0.25, -0.2) is 10.8 Å². The summed E-state index contributed by atoms with van der Waals surface area (Å²) >= 11 is 1.99. The molecule has 0 bridgehead atoms. The molecular formula is C13H17N5S. The van der Waals surface area contributed by atoms with E-state index in [1.807, 2.05) is 36.0 Å². The van der Waals surface area contributed by atoms with Gasteiger partial charge in [-0.3, -0.25) is 5.43 Å². The van der Waals surface area contributed by atoms with Crippen molar-refractivity contribution in [2.45, 2.75) is 18.9 Å². The van der Waals surface area contributed by atoms with Gasteiger partial charge in [0.05, 0.1) is 5.52 Å². The first-order valence-electron chi connectivity index (χ1n) is 6.44. The number of rotatable bonds is 3. The van der Waals surface area contributed by atoms with E-state index in [1.54, 1.807) is 0 Å². The normalized spacial score (nSPS) is 19.3. The molecule has 100 valence electrons. The molecule has 1 aromatic heterocycles. The number of benzene rings is 1. The second-order valence-corrected chi connectivity index (χ2v) is 5.77. The highest BCUT2D eigenvalue weighted by molar-refractivity contribution is 7.99. The van der Waals surface area contributed by atoms with Crippen LogP contribution in [-0.2, 0) is 0 Å². The number of anilines is 2. The number of nitrogens with zero attached hydrogens (tertiary/aromatic N) is 2. The highest BCUT2D eigenvalue weighted by Crippen LogP contribution is 2.25. The lowest BCUT2D eigenvalue weighted by atomic mass is 10.1. The van der Waals surface area contributed by atoms with Gasteiger partial charge in [-0.05, 0) is 30.7 Å². The van der Waals surface area contributed by atoms with Crippen molar-refractivity contribution in [3.63, 3.8) is 0 Å². The van der Waals surface area contributed by atoms with Crippen LogP contribution in [0.15, 0.2) is 24.3 Å². The van der Waals surface area contributed by atoms with Crippen molar-refractivity contribution in [1.29, 1.82) is 0 Å². The SMILES string of the molecule is NNc1nc(NC2CCCSC2)c2ccccc2n1. The van der Waals surface area contributed by atoms with Crippen LogP contribution in [0.5, 0.6) is 0 Å². The minimum atomic E-state index is 0.449. The summed E-state index contributed by atoms with van der Waals surface area (Å²) in [5, 5.41) is 4.57. The minimum absolute atomic E-state index is 0.449. The van der Waals surface area contributed by atoms with E-state index in [1.165, 1.54) is 18.6 Å². The zero-order chi connectivity index (χ0) is 13.1. The lowest BCUT2D eigenvalue weighted by molar-refractivity contribution is 0.683. The molecule has 1 aliphatic rings. The van der Waals surface area contributed by atoms with Crippen molar-refractivity contribution in [1.82, 2.24) is 9.97 Å². The summed E-state index contributed by atoms with van der Waals surface area (Å²) < 4.78 is 0. The van der Waals surface area contributed by atoms with Gasteiger partial charge < -0.3 is 5.32 Å². The zero-order valence-electron chi connectivity index (χ0n) is 10.6. The monoisotopic (exact) mass is 275 g/mol. The Morgan fingerprint density at radius 2 is 2.16 bits per heavy atom. The summed E-state index contributed by atoms with van der Waals surface area (Å²) in [6, 6.07) is 8.45. The van der Waals surface area contributed by atoms with Crippen LogP contribution in [0.2, 0.25) is 0 Å². The minimum Gasteiger partial charge on any atom is -0.366 e. The zero-order valence-corrected chi connectivity index (χ0v) is 11.4. The van der Waals surface area contributed by atoms with Crippen LogP contribution >= 0.6 is 11.8 Å². The van der Waals surface area contributed by atoms with Crippen LogP contribution in [0.4, 0.5) is 11.8 Å². The maximum atomic E-state index is 5.44. The summed E-state index contributed by atoms with van der Waals surface area (Å²) in [6.07, 6.45) is 2.45. The Balaban J connectivity index is 1.95. The van der Waals surface area contributed by atoms with E-state index in [4.69, 9.17) is 5.84 Å². The van der Waals surface area contributed by atoms with Gasteiger partial charge in [0.2, 0.25) is 5.95 Å². The molecule has 2 heterocycles. The summed E-state index contributed by atoms with van der Waals surface area (Å²) in [4.78, 5) is 8.80. The molecule has 19 heavy (non-hydrogen) atoms. The van der Waals surface area contributed by atoms with Gasteiger partial charge in [-0.15, -0.1) is 0 Å². The highest BCUT2D eigenvalue weighted by Gasteiger charge is 2.16. The average Bonchev–Trinajstić information content (AvgIpc) is 2.48. The maximum absolute atomic E-state index is 5.44. The van der Waals surface area contributed by atoms with Crippen molar-refractivity contribution in [2.24, 2.45) is 5.84 Å². The Morgan fingerprint density at radius 3 is 2.95 bits per heavy atom. The summed E-state index contributed by atoms with van der Waals surface area (Å²) in [7, 11) is 0. The van der Waals surface area contributed by atoms with E-state index in [0.29, 0.717) is 12.0 Å². The number of hydrazine groups is 1. The fraction of sp³-hybridized carbons (Fsp3) is 0.385. The molecule has 1 aliphatic heterocycles. The van der Waals surface area contributed by atoms with E-state index in [2.05, 4.69) is 20.7 Å². The second-order valence-electron chi connectivity index (χ2n) is 4.62. The first-order valence-corrected chi connectivity index (χ1v) is 7.60. The number of thioether (sulfide) groups is 1. The third-order valence-corrected chi connectivity index (χ3v) is 4.45. The van der Waals surface area contributed by atoms with Gasteiger partial charge in [0, 0.05) is 17.2 Å². The van der Waals surface area contributed by atoms with Gasteiger partial charge in [-0.2, -0.15) is 16.7 Å². The van der Waals surface area contributed by atoms with Crippen LogP contribution < -0.4 is 16.6 Å². The molecule has 0 spiro atoms. The number of aromatic nitrogens is 2. The van der Waals surface area contributed by atoms with Crippen LogP contribution in [0, 0.1) is 0 Å². The molecule has 0 saturated carbocycles. The molecular weight excluding hydrogens is 258 g/mol. The van der Waals surface area contributed by atoms with Gasteiger partial charge >= 0.3 is 0 Å². The third kappa shape index (κ3) is 2.74. The van der Waals surface area contributed by atoms with E-state index >= 15 is 0 Å². The topological polar surface area (TPSA) is 75.9 Å². The maximum Gasteiger partial charge on any atom is 0.239 e. The fourth-order valence-electron chi connectivity index (χ4n) is 2.30. The number of nitrogens with one attached hydrogen (secondary N) is 2. The number of nitrogens with two attached hydrogens (primary N) is 1. The lowest BCUT2D eigenvalue weighted by Gasteiger charge is -2.23. The van der Waals surface area contributed by atoms with Crippen molar-refractivity contribution in [3.8, 4) is 0 Å². The third-order valence-electron chi connectivity index (χ3n) is 3.23. The summed E-state index contributed by atoms with van der Waals surface area (Å²) in [5.41, 5.74) is 3.43. The fourth-order valence-corrected chi connectivity index (χ4v) is 3.37. The molecule has 3 rings (SSSR count). The molecule has 6 heteroatoms. The Bertz CT molecular complexity index is 568. The number of hydrogen-bond donors (Lipinski definition) is 3. The molecule has 1 unspecified atom stereocenters. The predicted molar refractivity (Wildman–Crippen MR) is 81.3 cm³/mol. The molecule has 0 amide bonds.